The third-order valence-corrected chi connectivity index (χ3v) is 1.59. The molecule has 0 aliphatic rings. The maximum atomic E-state index is 11.3. The molecule has 3 nitrogen and oxygen atoms in total. The van der Waals surface area contributed by atoms with Crippen molar-refractivity contribution in [3.05, 3.63) is 0 Å². The minimum absolute atomic E-state index is 0.190. The lowest BCUT2D eigenvalue weighted by Crippen LogP contribution is -2.03. The highest BCUT2D eigenvalue weighted by Gasteiger charge is 2.01. The first kappa shape index (κ1) is 19.3. The summed E-state index contributed by atoms with van der Waals surface area (Å²) < 4.78 is 59.1. The Morgan fingerprint density at radius 1 is 1.14 bits per heavy atom. The molecule has 14 heavy (non-hydrogen) atoms. The molecule has 7 heteroatoms. The first-order valence-electron chi connectivity index (χ1n) is 3.92. The molecule has 0 bridgehead atoms. The van der Waals surface area contributed by atoms with E-state index in [9.17, 15) is 21.6 Å². The second kappa shape index (κ2) is 15.2. The SMILES string of the molecule is CCF.CF.O=S(=O)(O)CCCCF. The molecule has 0 amide bonds. The molecule has 0 radical (unpaired) electrons. The quantitative estimate of drug-likeness (QED) is 0.603. The Morgan fingerprint density at radius 2 is 1.50 bits per heavy atom. The van der Waals surface area contributed by atoms with Gasteiger partial charge in [-0.1, -0.05) is 0 Å². The number of halogens is 3. The van der Waals surface area contributed by atoms with Gasteiger partial charge in [0.15, 0.2) is 0 Å². The fourth-order valence-corrected chi connectivity index (χ4v) is 0.948. The van der Waals surface area contributed by atoms with E-state index in [2.05, 4.69) is 0 Å². The van der Waals surface area contributed by atoms with Gasteiger partial charge in [0.1, 0.15) is 0 Å². The summed E-state index contributed by atoms with van der Waals surface area (Å²) in [7, 11) is -3.36. The van der Waals surface area contributed by atoms with Gasteiger partial charge in [0.2, 0.25) is 0 Å². The van der Waals surface area contributed by atoms with Gasteiger partial charge in [-0.3, -0.25) is 17.7 Å². The molecule has 0 spiro atoms. The standard InChI is InChI=1S/C4H9FO3S.C2H5F.CH3F/c5-3-1-2-4-9(6,7)8;1-2-3;1-2/h1-4H2,(H,6,7,8);2H2,1H3;1H3. The van der Waals surface area contributed by atoms with Crippen molar-refractivity contribution in [2.45, 2.75) is 19.8 Å². The number of unbranched alkanes of at least 4 members (excludes halogenated alkanes) is 1. The van der Waals surface area contributed by atoms with Crippen LogP contribution in [0.5, 0.6) is 0 Å². The van der Waals surface area contributed by atoms with Gasteiger partial charge in [-0.25, -0.2) is 0 Å². The molecule has 0 aromatic heterocycles. The van der Waals surface area contributed by atoms with Gasteiger partial charge >= 0.3 is 0 Å². The molecule has 0 aromatic rings. The topological polar surface area (TPSA) is 54.4 Å². The van der Waals surface area contributed by atoms with Gasteiger partial charge in [0.25, 0.3) is 10.1 Å². The molecule has 0 atom stereocenters. The Morgan fingerprint density at radius 3 is 1.71 bits per heavy atom. The van der Waals surface area contributed by atoms with Crippen molar-refractivity contribution < 1.29 is 26.1 Å². The van der Waals surface area contributed by atoms with Crippen LogP contribution in [0.3, 0.4) is 0 Å². The van der Waals surface area contributed by atoms with Crippen LogP contribution in [0.25, 0.3) is 0 Å². The zero-order chi connectivity index (χ0) is 12.0. The number of rotatable bonds is 4. The van der Waals surface area contributed by atoms with Crippen molar-refractivity contribution in [2.75, 3.05) is 26.3 Å². The third kappa shape index (κ3) is 41.2. The lowest BCUT2D eigenvalue weighted by molar-refractivity contribution is 0.456. The van der Waals surface area contributed by atoms with Crippen LogP contribution in [-0.4, -0.2) is 39.3 Å². The smallest absolute Gasteiger partial charge is 0.264 e. The van der Waals surface area contributed by atoms with Crippen LogP contribution in [0, 0.1) is 0 Å². The summed E-state index contributed by atoms with van der Waals surface area (Å²) in [5, 5.41) is 0. The first-order chi connectivity index (χ1) is 6.47. The molecule has 0 saturated carbocycles. The minimum atomic E-state index is -3.86. The minimum Gasteiger partial charge on any atom is -0.286 e. The molecular formula is C7H17F3O3S. The molecule has 0 unspecified atom stereocenters. The molecular weight excluding hydrogens is 221 g/mol. The van der Waals surface area contributed by atoms with E-state index in [-0.39, 0.29) is 25.3 Å². The second-order valence-electron chi connectivity index (χ2n) is 1.95. The van der Waals surface area contributed by atoms with E-state index in [1.165, 1.54) is 6.92 Å². The van der Waals surface area contributed by atoms with Gasteiger partial charge in [-0.05, 0) is 19.8 Å². The van der Waals surface area contributed by atoms with Crippen LogP contribution >= 0.6 is 0 Å². The van der Waals surface area contributed by atoms with Crippen LogP contribution in [0.4, 0.5) is 13.2 Å². The predicted molar refractivity (Wildman–Crippen MR) is 50.3 cm³/mol. The highest BCUT2D eigenvalue weighted by molar-refractivity contribution is 7.85. The van der Waals surface area contributed by atoms with Crippen molar-refractivity contribution in [1.29, 1.82) is 0 Å². The monoisotopic (exact) mass is 238 g/mol. The van der Waals surface area contributed by atoms with E-state index < -0.39 is 16.8 Å². The number of hydrogen-bond donors (Lipinski definition) is 1. The van der Waals surface area contributed by atoms with E-state index in [4.69, 9.17) is 4.55 Å². The molecule has 0 saturated heterocycles. The van der Waals surface area contributed by atoms with Crippen LogP contribution in [0.2, 0.25) is 0 Å². The Labute approximate surface area is 83.1 Å². The highest BCUT2D eigenvalue weighted by Crippen LogP contribution is 1.93. The van der Waals surface area contributed by atoms with Crippen molar-refractivity contribution >= 4 is 10.1 Å². The summed E-state index contributed by atoms with van der Waals surface area (Å²) in [6, 6.07) is 0. The molecule has 1 N–H and O–H groups in total. The van der Waals surface area contributed by atoms with Crippen molar-refractivity contribution in [3.63, 3.8) is 0 Å². The fraction of sp³-hybridized carbons (Fsp3) is 1.00. The Balaban J connectivity index is -0.000000205. The molecule has 0 heterocycles. The highest BCUT2D eigenvalue weighted by atomic mass is 32.2. The number of hydrogen-bond acceptors (Lipinski definition) is 2. The zero-order valence-electron chi connectivity index (χ0n) is 8.34. The summed E-state index contributed by atoms with van der Waals surface area (Å²) >= 11 is 0. The van der Waals surface area contributed by atoms with Crippen LogP contribution in [0.1, 0.15) is 19.8 Å². The molecule has 0 aromatic carbocycles. The lowest BCUT2D eigenvalue weighted by Gasteiger charge is -1.91. The Kier molecular flexibility index (Phi) is 20.9. The predicted octanol–water partition coefficient (Wildman–Crippen LogP) is 2.19. The Hall–Kier alpha value is -0.300. The van der Waals surface area contributed by atoms with Gasteiger partial charge in [-0.2, -0.15) is 8.42 Å². The normalized spacial score (nSPS) is 9.29. The van der Waals surface area contributed by atoms with E-state index in [0.29, 0.717) is 7.18 Å². The average molecular weight is 238 g/mol. The first-order valence-corrected chi connectivity index (χ1v) is 5.53. The lowest BCUT2D eigenvalue weighted by atomic mass is 10.4. The largest absolute Gasteiger partial charge is 0.286 e. The molecule has 0 aliphatic carbocycles. The second-order valence-corrected chi connectivity index (χ2v) is 3.52. The van der Waals surface area contributed by atoms with Crippen LogP contribution in [-0.2, 0) is 10.1 Å². The summed E-state index contributed by atoms with van der Waals surface area (Å²) in [6.07, 6.45) is 0.384. The summed E-state index contributed by atoms with van der Waals surface area (Å²) in [5.41, 5.74) is 0. The maximum absolute atomic E-state index is 11.3. The van der Waals surface area contributed by atoms with Gasteiger partial charge < -0.3 is 0 Å². The fourth-order valence-electron chi connectivity index (χ4n) is 0.379. The summed E-state index contributed by atoms with van der Waals surface area (Å²) in [4.78, 5) is 0. The molecule has 0 rings (SSSR count). The van der Waals surface area contributed by atoms with Gasteiger partial charge in [0.05, 0.1) is 26.3 Å². The van der Waals surface area contributed by atoms with E-state index in [1.54, 1.807) is 0 Å². The maximum Gasteiger partial charge on any atom is 0.264 e. The number of alkyl halides is 3. The average Bonchev–Trinajstić information content (AvgIpc) is 2.08. The van der Waals surface area contributed by atoms with Crippen molar-refractivity contribution in [2.24, 2.45) is 0 Å². The zero-order valence-corrected chi connectivity index (χ0v) is 9.16. The van der Waals surface area contributed by atoms with Gasteiger partial charge in [0, 0.05) is 0 Å². The summed E-state index contributed by atoms with van der Waals surface area (Å²) in [5.74, 6) is -0.336. The van der Waals surface area contributed by atoms with Gasteiger partial charge in [-0.15, -0.1) is 0 Å². The van der Waals surface area contributed by atoms with Crippen LogP contribution in [0.15, 0.2) is 0 Å². The van der Waals surface area contributed by atoms with E-state index in [0.717, 1.165) is 0 Å². The van der Waals surface area contributed by atoms with E-state index >= 15 is 0 Å². The molecule has 0 aliphatic heterocycles. The molecule has 90 valence electrons. The van der Waals surface area contributed by atoms with Crippen LogP contribution < -0.4 is 0 Å². The Bertz CT molecular complexity index is 171. The molecule has 0 fully saturated rings. The van der Waals surface area contributed by atoms with Crippen molar-refractivity contribution in [3.8, 4) is 0 Å². The third-order valence-electron chi connectivity index (χ3n) is 0.786. The van der Waals surface area contributed by atoms with E-state index in [1.807, 2.05) is 0 Å². The van der Waals surface area contributed by atoms with Crippen molar-refractivity contribution in [1.82, 2.24) is 0 Å². The summed E-state index contributed by atoms with van der Waals surface area (Å²) in [6.45, 7) is 0.676.